The maximum atomic E-state index is 13.0. The monoisotopic (exact) mass is 515 g/mol. The summed E-state index contributed by atoms with van der Waals surface area (Å²) in [6, 6.07) is 10.5. The van der Waals surface area contributed by atoms with Crippen molar-refractivity contribution in [1.29, 1.82) is 0 Å². The Labute approximate surface area is 220 Å². The van der Waals surface area contributed by atoms with Gasteiger partial charge in [0.15, 0.2) is 5.65 Å². The van der Waals surface area contributed by atoms with Gasteiger partial charge in [-0.2, -0.15) is 16.3 Å². The fourth-order valence-corrected chi connectivity index (χ4v) is 6.35. The molecule has 1 N–H and O–H groups in total. The SMILES string of the molecule is C=CCn1c(=O)c2cnc(Nc3ccc(N4CCC5(CCN(C)CC5)CC4)cc3)nc2n1-c1ccsc1. The van der Waals surface area contributed by atoms with Gasteiger partial charge < -0.3 is 15.1 Å². The van der Waals surface area contributed by atoms with E-state index in [0.29, 0.717) is 28.9 Å². The zero-order valence-corrected chi connectivity index (χ0v) is 22.1. The number of hydrogen-bond acceptors (Lipinski definition) is 7. The van der Waals surface area contributed by atoms with Crippen LogP contribution >= 0.6 is 11.3 Å². The predicted octanol–water partition coefficient (Wildman–Crippen LogP) is 4.89. The van der Waals surface area contributed by atoms with Crippen molar-refractivity contribution < 1.29 is 0 Å². The van der Waals surface area contributed by atoms with Gasteiger partial charge >= 0.3 is 0 Å². The lowest BCUT2D eigenvalue weighted by atomic mass is 9.71. The van der Waals surface area contributed by atoms with Crippen molar-refractivity contribution in [2.24, 2.45) is 5.41 Å². The average molecular weight is 516 g/mol. The Morgan fingerprint density at radius 1 is 1.05 bits per heavy atom. The minimum absolute atomic E-state index is 0.124. The van der Waals surface area contributed by atoms with E-state index in [1.54, 1.807) is 28.3 Å². The summed E-state index contributed by atoms with van der Waals surface area (Å²) in [5, 5.41) is 7.80. The lowest BCUT2D eigenvalue weighted by molar-refractivity contribution is 0.0945. The number of likely N-dealkylation sites (tertiary alicyclic amines) is 1. The number of nitrogens with one attached hydrogen (secondary N) is 1. The fourth-order valence-electron chi connectivity index (χ4n) is 5.73. The molecule has 2 aliphatic rings. The second-order valence-electron chi connectivity index (χ2n) is 10.4. The summed E-state index contributed by atoms with van der Waals surface area (Å²) in [4.78, 5) is 27.1. The molecule has 6 rings (SSSR count). The summed E-state index contributed by atoms with van der Waals surface area (Å²) in [7, 11) is 2.24. The standard InChI is InChI=1S/C28H33N7OS/c1-3-13-34-26(36)24-19-29-27(31-25(24)35(34)23-8-18-37-20-23)30-21-4-6-22(7-5-21)33-16-11-28(12-17-33)9-14-32(2)15-10-28/h3-8,18-20H,1,9-17H2,2H3,(H,29,30,31). The number of allylic oxidation sites excluding steroid dienone is 1. The molecule has 2 saturated heterocycles. The zero-order chi connectivity index (χ0) is 25.4. The Morgan fingerprint density at radius 2 is 1.78 bits per heavy atom. The predicted molar refractivity (Wildman–Crippen MR) is 152 cm³/mol. The van der Waals surface area contributed by atoms with Gasteiger partial charge in [0, 0.05) is 36.0 Å². The Balaban J connectivity index is 1.19. The van der Waals surface area contributed by atoms with E-state index in [2.05, 4.69) is 58.0 Å². The van der Waals surface area contributed by atoms with Crippen molar-refractivity contribution in [3.63, 3.8) is 0 Å². The second-order valence-corrected chi connectivity index (χ2v) is 11.1. The van der Waals surface area contributed by atoms with Crippen LogP contribution in [0, 0.1) is 5.41 Å². The molecule has 8 nitrogen and oxygen atoms in total. The third kappa shape index (κ3) is 4.57. The van der Waals surface area contributed by atoms with Crippen molar-refractivity contribution in [2.45, 2.75) is 32.2 Å². The number of benzene rings is 1. The second kappa shape index (κ2) is 9.79. The lowest BCUT2D eigenvalue weighted by Crippen LogP contribution is -2.46. The quantitative estimate of drug-likeness (QED) is 0.369. The molecule has 2 aliphatic heterocycles. The third-order valence-electron chi connectivity index (χ3n) is 8.09. The maximum absolute atomic E-state index is 13.0. The van der Waals surface area contributed by atoms with Crippen LogP contribution in [0.15, 0.2) is 64.7 Å². The highest BCUT2D eigenvalue weighted by Gasteiger charge is 2.36. The Morgan fingerprint density at radius 3 is 2.46 bits per heavy atom. The van der Waals surface area contributed by atoms with E-state index >= 15 is 0 Å². The molecule has 9 heteroatoms. The van der Waals surface area contributed by atoms with Crippen LogP contribution < -0.4 is 15.8 Å². The van der Waals surface area contributed by atoms with Gasteiger partial charge in [-0.25, -0.2) is 14.3 Å². The van der Waals surface area contributed by atoms with E-state index in [-0.39, 0.29) is 5.56 Å². The molecule has 0 bridgehead atoms. The smallest absolute Gasteiger partial charge is 0.278 e. The topological polar surface area (TPSA) is 71.2 Å². The Hall–Kier alpha value is -3.43. The molecule has 1 spiro atoms. The van der Waals surface area contributed by atoms with Crippen molar-refractivity contribution >= 4 is 39.7 Å². The highest BCUT2D eigenvalue weighted by Crippen LogP contribution is 2.42. The van der Waals surface area contributed by atoms with Gasteiger partial charge in [0.05, 0.1) is 12.2 Å². The zero-order valence-electron chi connectivity index (χ0n) is 21.3. The molecule has 3 aromatic heterocycles. The van der Waals surface area contributed by atoms with E-state index in [9.17, 15) is 4.79 Å². The molecular weight excluding hydrogens is 482 g/mol. The first-order chi connectivity index (χ1) is 18.0. The summed E-state index contributed by atoms with van der Waals surface area (Å²) in [5.74, 6) is 0.460. The summed E-state index contributed by atoms with van der Waals surface area (Å²) < 4.78 is 3.49. The number of hydrogen-bond donors (Lipinski definition) is 1. The van der Waals surface area contributed by atoms with E-state index < -0.39 is 0 Å². The molecule has 0 amide bonds. The molecule has 0 atom stereocenters. The van der Waals surface area contributed by atoms with Gasteiger partial charge in [-0.15, -0.1) is 6.58 Å². The molecular formula is C28H33N7OS. The van der Waals surface area contributed by atoms with Gasteiger partial charge in [-0.3, -0.25) is 4.79 Å². The van der Waals surface area contributed by atoms with Crippen LogP contribution in [0.4, 0.5) is 17.3 Å². The van der Waals surface area contributed by atoms with Crippen LogP contribution in [-0.2, 0) is 6.54 Å². The largest absolute Gasteiger partial charge is 0.371 e. The summed E-state index contributed by atoms with van der Waals surface area (Å²) >= 11 is 1.58. The molecule has 0 aliphatic carbocycles. The van der Waals surface area contributed by atoms with Gasteiger partial charge in [0.1, 0.15) is 5.39 Å². The molecule has 5 heterocycles. The third-order valence-corrected chi connectivity index (χ3v) is 8.76. The Bertz CT molecular complexity index is 1440. The van der Waals surface area contributed by atoms with E-state index in [1.807, 2.05) is 21.5 Å². The molecule has 192 valence electrons. The first kappa shape index (κ1) is 23.9. The van der Waals surface area contributed by atoms with Crippen LogP contribution in [0.3, 0.4) is 0 Å². The fraction of sp³-hybridized carbons (Fsp3) is 0.393. The minimum atomic E-state index is -0.124. The first-order valence-electron chi connectivity index (χ1n) is 13.0. The van der Waals surface area contributed by atoms with Crippen LogP contribution in [0.2, 0.25) is 0 Å². The van der Waals surface area contributed by atoms with Crippen molar-refractivity contribution in [2.75, 3.05) is 43.4 Å². The molecule has 0 unspecified atom stereocenters. The minimum Gasteiger partial charge on any atom is -0.371 e. The number of rotatable bonds is 6. The van der Waals surface area contributed by atoms with Crippen LogP contribution in [-0.4, -0.2) is 57.5 Å². The van der Waals surface area contributed by atoms with Crippen LogP contribution in [0.25, 0.3) is 16.7 Å². The van der Waals surface area contributed by atoms with Crippen LogP contribution in [0.1, 0.15) is 25.7 Å². The molecule has 1 aromatic carbocycles. The van der Waals surface area contributed by atoms with Gasteiger partial charge in [-0.05, 0) is 86.9 Å². The highest BCUT2D eigenvalue weighted by molar-refractivity contribution is 7.08. The van der Waals surface area contributed by atoms with E-state index in [1.165, 1.54) is 44.5 Å². The van der Waals surface area contributed by atoms with E-state index in [4.69, 9.17) is 4.98 Å². The number of aromatic nitrogens is 4. The number of fused-ring (bicyclic) bond motifs is 1. The van der Waals surface area contributed by atoms with E-state index in [0.717, 1.165) is 24.5 Å². The highest BCUT2D eigenvalue weighted by atomic mass is 32.1. The summed E-state index contributed by atoms with van der Waals surface area (Å²) in [5.41, 5.74) is 4.08. The van der Waals surface area contributed by atoms with Gasteiger partial charge in [0.2, 0.25) is 5.95 Å². The average Bonchev–Trinajstić information content (AvgIpc) is 3.54. The molecule has 4 aromatic rings. The molecule has 0 radical (unpaired) electrons. The van der Waals surface area contributed by atoms with Crippen molar-refractivity contribution in [3.05, 3.63) is 70.3 Å². The molecule has 0 saturated carbocycles. The van der Waals surface area contributed by atoms with Gasteiger partial charge in [-0.1, -0.05) is 6.08 Å². The molecule has 37 heavy (non-hydrogen) atoms. The number of anilines is 3. The normalized spacial score (nSPS) is 17.9. The van der Waals surface area contributed by atoms with Gasteiger partial charge in [0.25, 0.3) is 5.56 Å². The van der Waals surface area contributed by atoms with Crippen LogP contribution in [0.5, 0.6) is 0 Å². The van der Waals surface area contributed by atoms with Crippen molar-refractivity contribution in [1.82, 2.24) is 24.2 Å². The number of thiophene rings is 1. The molecule has 2 fully saturated rings. The first-order valence-corrected chi connectivity index (χ1v) is 13.9. The number of piperidine rings is 2. The Kier molecular flexibility index (Phi) is 6.34. The summed E-state index contributed by atoms with van der Waals surface area (Å²) in [6.07, 6.45) is 8.56. The van der Waals surface area contributed by atoms with Crippen molar-refractivity contribution in [3.8, 4) is 5.69 Å². The summed E-state index contributed by atoms with van der Waals surface area (Å²) in [6.45, 7) is 8.91. The maximum Gasteiger partial charge on any atom is 0.278 e. The number of nitrogens with zero attached hydrogens (tertiary/aromatic N) is 6. The lowest BCUT2D eigenvalue weighted by Gasteiger charge is -2.46.